The van der Waals surface area contributed by atoms with Crippen molar-refractivity contribution < 1.29 is 14.7 Å². The van der Waals surface area contributed by atoms with Crippen molar-refractivity contribution in [3.8, 4) is 0 Å². The zero-order valence-electron chi connectivity index (χ0n) is 12.1. The Morgan fingerprint density at radius 3 is 2.90 bits per heavy atom. The second-order valence-electron chi connectivity index (χ2n) is 5.94. The van der Waals surface area contributed by atoms with Crippen molar-refractivity contribution in [2.45, 2.75) is 32.2 Å². The molecule has 21 heavy (non-hydrogen) atoms. The first-order valence-electron chi connectivity index (χ1n) is 7.49. The van der Waals surface area contributed by atoms with Crippen LogP contribution in [0.25, 0.3) is 0 Å². The highest BCUT2D eigenvalue weighted by Crippen LogP contribution is 2.31. The van der Waals surface area contributed by atoms with Crippen LogP contribution in [0.1, 0.15) is 35.7 Å². The zero-order valence-corrected chi connectivity index (χ0v) is 12.1. The number of carboxylic acids is 1. The van der Waals surface area contributed by atoms with Crippen LogP contribution in [-0.4, -0.2) is 36.1 Å². The van der Waals surface area contributed by atoms with Gasteiger partial charge in [0, 0.05) is 12.2 Å². The van der Waals surface area contributed by atoms with Gasteiger partial charge >= 0.3 is 5.97 Å². The Balaban J connectivity index is 1.87. The van der Waals surface area contributed by atoms with Crippen molar-refractivity contribution >= 4 is 17.6 Å². The van der Waals surface area contributed by atoms with E-state index in [-0.39, 0.29) is 17.5 Å². The van der Waals surface area contributed by atoms with Gasteiger partial charge < -0.3 is 15.3 Å². The largest absolute Gasteiger partial charge is 0.478 e. The quantitative estimate of drug-likeness (QED) is 0.868. The maximum Gasteiger partial charge on any atom is 0.335 e. The third kappa shape index (κ3) is 2.53. The Kier molecular flexibility index (Phi) is 3.68. The number of benzene rings is 1. The van der Waals surface area contributed by atoms with Crippen molar-refractivity contribution in [3.63, 3.8) is 0 Å². The molecule has 5 heteroatoms. The van der Waals surface area contributed by atoms with Gasteiger partial charge in [0.25, 0.3) is 0 Å². The molecule has 3 rings (SSSR count). The first-order chi connectivity index (χ1) is 10.1. The minimum Gasteiger partial charge on any atom is -0.478 e. The highest BCUT2D eigenvalue weighted by molar-refractivity contribution is 6.00. The van der Waals surface area contributed by atoms with Crippen molar-refractivity contribution in [2.24, 2.45) is 5.92 Å². The topological polar surface area (TPSA) is 69.6 Å². The Labute approximate surface area is 123 Å². The molecule has 2 aliphatic rings. The van der Waals surface area contributed by atoms with E-state index in [1.54, 1.807) is 17.0 Å². The average Bonchev–Trinajstić information content (AvgIpc) is 2.90. The molecule has 0 aliphatic carbocycles. The van der Waals surface area contributed by atoms with Crippen LogP contribution < -0.4 is 10.2 Å². The smallest absolute Gasteiger partial charge is 0.335 e. The Morgan fingerprint density at radius 2 is 2.19 bits per heavy atom. The number of hydrogen-bond acceptors (Lipinski definition) is 3. The number of anilines is 1. The van der Waals surface area contributed by atoms with Crippen molar-refractivity contribution in [1.82, 2.24) is 5.32 Å². The summed E-state index contributed by atoms with van der Waals surface area (Å²) in [6.45, 7) is 3.61. The molecule has 112 valence electrons. The summed E-state index contributed by atoms with van der Waals surface area (Å²) in [5, 5.41) is 12.4. The molecule has 1 fully saturated rings. The van der Waals surface area contributed by atoms with Crippen LogP contribution in [0.5, 0.6) is 0 Å². The van der Waals surface area contributed by atoms with Crippen LogP contribution in [0.4, 0.5) is 5.69 Å². The van der Waals surface area contributed by atoms with Crippen LogP contribution in [-0.2, 0) is 11.2 Å². The van der Waals surface area contributed by atoms with Gasteiger partial charge in [0.2, 0.25) is 5.91 Å². The van der Waals surface area contributed by atoms with Gasteiger partial charge in [-0.2, -0.15) is 0 Å². The fourth-order valence-corrected chi connectivity index (χ4v) is 3.29. The Hall–Kier alpha value is -1.88. The fourth-order valence-electron chi connectivity index (χ4n) is 3.29. The lowest BCUT2D eigenvalue weighted by molar-refractivity contribution is -0.122. The lowest BCUT2D eigenvalue weighted by Gasteiger charge is -2.32. The number of aromatic carboxylic acids is 1. The van der Waals surface area contributed by atoms with Crippen LogP contribution >= 0.6 is 0 Å². The maximum absolute atomic E-state index is 12.8. The lowest BCUT2D eigenvalue weighted by Crippen LogP contribution is -2.52. The van der Waals surface area contributed by atoms with Gasteiger partial charge in [-0.05, 0) is 49.4 Å². The number of rotatable bonds is 2. The summed E-state index contributed by atoms with van der Waals surface area (Å²) < 4.78 is 0. The third-order valence-corrected chi connectivity index (χ3v) is 4.53. The van der Waals surface area contributed by atoms with Gasteiger partial charge in [0.05, 0.1) is 11.6 Å². The number of carbonyl (C=O) groups is 2. The number of amides is 1. The predicted octanol–water partition coefficient (Wildman–Crippen LogP) is 1.66. The van der Waals surface area contributed by atoms with Crippen LogP contribution in [0, 0.1) is 5.92 Å². The second-order valence-corrected chi connectivity index (χ2v) is 5.94. The molecule has 2 aliphatic heterocycles. The van der Waals surface area contributed by atoms with Crippen molar-refractivity contribution in [3.05, 3.63) is 29.3 Å². The molecule has 1 aromatic carbocycles. The summed E-state index contributed by atoms with van der Waals surface area (Å²) in [4.78, 5) is 25.6. The molecule has 2 heterocycles. The molecular weight excluding hydrogens is 268 g/mol. The first kappa shape index (κ1) is 14.1. The second kappa shape index (κ2) is 5.48. The highest BCUT2D eigenvalue weighted by atomic mass is 16.4. The minimum atomic E-state index is -0.957. The molecule has 1 saturated heterocycles. The molecule has 0 bridgehead atoms. The van der Waals surface area contributed by atoms with Gasteiger partial charge in [0.15, 0.2) is 0 Å². The predicted molar refractivity (Wildman–Crippen MR) is 79.6 cm³/mol. The number of nitrogens with one attached hydrogen (secondary N) is 1. The highest BCUT2D eigenvalue weighted by Gasteiger charge is 2.34. The summed E-state index contributed by atoms with van der Waals surface area (Å²) in [7, 11) is 0. The minimum absolute atomic E-state index is 0.0727. The number of carbonyl (C=O) groups excluding carboxylic acids is 1. The van der Waals surface area contributed by atoms with E-state index in [2.05, 4.69) is 12.2 Å². The summed E-state index contributed by atoms with van der Waals surface area (Å²) in [5.74, 6) is -0.567. The SMILES string of the molecule is CC1CCCNC1C(=O)N1CCc2ccc(C(=O)O)cc21. The van der Waals surface area contributed by atoms with Crippen LogP contribution in [0.15, 0.2) is 18.2 Å². The lowest BCUT2D eigenvalue weighted by atomic mass is 9.92. The molecule has 5 nitrogen and oxygen atoms in total. The van der Waals surface area contributed by atoms with Crippen molar-refractivity contribution in [1.29, 1.82) is 0 Å². The molecule has 2 unspecified atom stereocenters. The zero-order chi connectivity index (χ0) is 15.0. The van der Waals surface area contributed by atoms with Gasteiger partial charge in [0.1, 0.15) is 0 Å². The summed E-state index contributed by atoms with van der Waals surface area (Å²) in [5.41, 5.74) is 2.05. The van der Waals surface area contributed by atoms with E-state index in [0.717, 1.165) is 37.1 Å². The number of nitrogens with zero attached hydrogens (tertiary/aromatic N) is 1. The average molecular weight is 288 g/mol. The molecule has 2 atom stereocenters. The molecule has 2 N–H and O–H groups in total. The monoisotopic (exact) mass is 288 g/mol. The normalized spacial score (nSPS) is 24.7. The summed E-state index contributed by atoms with van der Waals surface area (Å²) >= 11 is 0. The first-order valence-corrected chi connectivity index (χ1v) is 7.49. The number of piperidine rings is 1. The van der Waals surface area contributed by atoms with Gasteiger partial charge in [-0.3, -0.25) is 4.79 Å². The molecular formula is C16H20N2O3. The van der Waals surface area contributed by atoms with Crippen LogP contribution in [0.3, 0.4) is 0 Å². The number of hydrogen-bond donors (Lipinski definition) is 2. The third-order valence-electron chi connectivity index (χ3n) is 4.53. The van der Waals surface area contributed by atoms with E-state index < -0.39 is 5.97 Å². The van der Waals surface area contributed by atoms with E-state index in [1.165, 1.54) is 0 Å². The van der Waals surface area contributed by atoms with Gasteiger partial charge in [-0.1, -0.05) is 13.0 Å². The van der Waals surface area contributed by atoms with Gasteiger partial charge in [-0.25, -0.2) is 4.79 Å². The fraction of sp³-hybridized carbons (Fsp3) is 0.500. The van der Waals surface area contributed by atoms with Gasteiger partial charge in [-0.15, -0.1) is 0 Å². The Morgan fingerprint density at radius 1 is 1.38 bits per heavy atom. The molecule has 0 saturated carbocycles. The van der Waals surface area contributed by atoms with E-state index in [4.69, 9.17) is 5.11 Å². The number of fused-ring (bicyclic) bond motifs is 1. The van der Waals surface area contributed by atoms with E-state index >= 15 is 0 Å². The molecule has 1 aromatic rings. The molecule has 0 spiro atoms. The molecule has 1 amide bonds. The number of carboxylic acid groups (broad SMARTS) is 1. The summed E-state index contributed by atoms with van der Waals surface area (Å²) in [6.07, 6.45) is 2.95. The summed E-state index contributed by atoms with van der Waals surface area (Å²) in [6, 6.07) is 4.90. The van der Waals surface area contributed by atoms with E-state index in [1.807, 2.05) is 6.07 Å². The van der Waals surface area contributed by atoms with Crippen LogP contribution in [0.2, 0.25) is 0 Å². The van der Waals surface area contributed by atoms with Crippen molar-refractivity contribution in [2.75, 3.05) is 18.0 Å². The van der Waals surface area contributed by atoms with E-state index in [9.17, 15) is 9.59 Å². The molecule has 0 radical (unpaired) electrons. The molecule has 0 aromatic heterocycles. The standard InChI is InChI=1S/C16H20N2O3/c1-10-3-2-7-17-14(10)15(19)18-8-6-11-4-5-12(16(20)21)9-13(11)18/h4-5,9-10,14,17H,2-3,6-8H2,1H3,(H,20,21). The Bertz CT molecular complexity index is 585. The maximum atomic E-state index is 12.8. The van der Waals surface area contributed by atoms with E-state index in [0.29, 0.717) is 12.5 Å².